The number of para-hydroxylation sites is 1. The molecule has 0 fully saturated rings. The van der Waals surface area contributed by atoms with Gasteiger partial charge < -0.3 is 5.32 Å². The molecule has 1 N–H and O–H groups in total. The van der Waals surface area contributed by atoms with Crippen molar-refractivity contribution < 1.29 is 4.79 Å². The Kier molecular flexibility index (Phi) is 4.28. The maximum absolute atomic E-state index is 12.2. The molecule has 92 valence electrons. The molecule has 0 aliphatic heterocycles. The second-order valence-corrected chi connectivity index (χ2v) is 4.89. The first-order valence-corrected chi connectivity index (χ1v) is 7.01. The Balaban J connectivity index is 2.25. The first-order valence-electron chi connectivity index (χ1n) is 5.41. The summed E-state index contributed by atoms with van der Waals surface area (Å²) in [6, 6.07) is 14.7. The fourth-order valence-corrected chi connectivity index (χ4v) is 2.36. The number of hydrogen-bond donors (Lipinski definition) is 1. The van der Waals surface area contributed by atoms with E-state index in [1.165, 1.54) is 0 Å². The van der Waals surface area contributed by atoms with E-state index >= 15 is 0 Å². The van der Waals surface area contributed by atoms with E-state index in [1.54, 1.807) is 30.0 Å². The third-order valence-corrected chi connectivity index (χ3v) is 3.60. The van der Waals surface area contributed by atoms with Gasteiger partial charge in [-0.15, -0.1) is 11.8 Å². The molecule has 0 unspecified atom stereocenters. The predicted octanol–water partition coefficient (Wildman–Crippen LogP) is 4.31. The number of benzene rings is 2. The lowest BCUT2D eigenvalue weighted by molar-refractivity contribution is 0.102. The van der Waals surface area contributed by atoms with E-state index in [-0.39, 0.29) is 5.91 Å². The monoisotopic (exact) mass is 277 g/mol. The summed E-state index contributed by atoms with van der Waals surface area (Å²) in [7, 11) is 0. The molecular weight excluding hydrogens is 266 g/mol. The van der Waals surface area contributed by atoms with Gasteiger partial charge in [-0.05, 0) is 30.5 Å². The minimum absolute atomic E-state index is 0.145. The van der Waals surface area contributed by atoms with Gasteiger partial charge in [0.2, 0.25) is 0 Å². The van der Waals surface area contributed by atoms with E-state index in [4.69, 9.17) is 11.6 Å². The summed E-state index contributed by atoms with van der Waals surface area (Å²) in [5.41, 5.74) is 1.28. The van der Waals surface area contributed by atoms with Crippen LogP contribution in [0.25, 0.3) is 0 Å². The van der Waals surface area contributed by atoms with E-state index in [0.29, 0.717) is 16.3 Å². The Morgan fingerprint density at radius 3 is 2.50 bits per heavy atom. The number of anilines is 1. The van der Waals surface area contributed by atoms with Gasteiger partial charge in [-0.1, -0.05) is 35.9 Å². The van der Waals surface area contributed by atoms with Crippen molar-refractivity contribution >= 4 is 35.0 Å². The highest BCUT2D eigenvalue weighted by atomic mass is 35.5. The number of hydrogen-bond acceptors (Lipinski definition) is 2. The lowest BCUT2D eigenvalue weighted by atomic mass is 10.2. The molecular formula is C14H12ClNOS. The molecule has 0 saturated heterocycles. The summed E-state index contributed by atoms with van der Waals surface area (Å²) in [5.74, 6) is -0.145. The van der Waals surface area contributed by atoms with Crippen molar-refractivity contribution in [3.05, 3.63) is 59.1 Å². The van der Waals surface area contributed by atoms with Gasteiger partial charge in [0, 0.05) is 4.90 Å². The Morgan fingerprint density at radius 2 is 1.78 bits per heavy atom. The number of carbonyl (C=O) groups excluding carboxylic acids is 1. The smallest absolute Gasteiger partial charge is 0.256 e. The van der Waals surface area contributed by atoms with Gasteiger partial charge in [0.25, 0.3) is 5.91 Å². The van der Waals surface area contributed by atoms with E-state index < -0.39 is 0 Å². The molecule has 0 radical (unpaired) electrons. The van der Waals surface area contributed by atoms with Crippen LogP contribution in [0.3, 0.4) is 0 Å². The molecule has 0 spiro atoms. The van der Waals surface area contributed by atoms with Gasteiger partial charge >= 0.3 is 0 Å². The zero-order chi connectivity index (χ0) is 13.0. The van der Waals surface area contributed by atoms with Crippen LogP contribution < -0.4 is 5.32 Å². The van der Waals surface area contributed by atoms with Crippen LogP contribution in [0.15, 0.2) is 53.4 Å². The molecule has 4 heteroatoms. The summed E-state index contributed by atoms with van der Waals surface area (Å²) in [4.78, 5) is 13.1. The molecule has 2 rings (SSSR count). The maximum Gasteiger partial charge on any atom is 0.256 e. The Morgan fingerprint density at radius 1 is 1.11 bits per heavy atom. The Bertz CT molecular complexity index is 571. The van der Waals surface area contributed by atoms with Crippen LogP contribution in [0.1, 0.15) is 10.4 Å². The third kappa shape index (κ3) is 2.86. The number of rotatable bonds is 3. The molecule has 18 heavy (non-hydrogen) atoms. The first-order chi connectivity index (χ1) is 8.72. The molecule has 0 saturated carbocycles. The number of amides is 1. The first kappa shape index (κ1) is 13.0. The van der Waals surface area contributed by atoms with Crippen molar-refractivity contribution in [1.29, 1.82) is 0 Å². The largest absolute Gasteiger partial charge is 0.321 e. The highest BCUT2D eigenvalue weighted by molar-refractivity contribution is 7.98. The molecule has 2 nitrogen and oxygen atoms in total. The van der Waals surface area contributed by atoms with Crippen molar-refractivity contribution in [2.24, 2.45) is 0 Å². The van der Waals surface area contributed by atoms with Crippen molar-refractivity contribution in [3.8, 4) is 0 Å². The second kappa shape index (κ2) is 5.94. The summed E-state index contributed by atoms with van der Waals surface area (Å²) in [5, 5.41) is 3.35. The fraction of sp³-hybridized carbons (Fsp3) is 0.0714. The maximum atomic E-state index is 12.2. The van der Waals surface area contributed by atoms with Gasteiger partial charge in [-0.2, -0.15) is 0 Å². The van der Waals surface area contributed by atoms with E-state index in [2.05, 4.69) is 5.32 Å². The highest BCUT2D eigenvalue weighted by Crippen LogP contribution is 2.24. The molecule has 0 aromatic heterocycles. The van der Waals surface area contributed by atoms with E-state index in [1.807, 2.05) is 36.6 Å². The van der Waals surface area contributed by atoms with E-state index in [0.717, 1.165) is 4.90 Å². The average molecular weight is 278 g/mol. The molecule has 0 bridgehead atoms. The number of nitrogens with one attached hydrogen (secondary N) is 1. The molecule has 0 aliphatic rings. The number of halogens is 1. The standard InChI is InChI=1S/C14H12ClNOS/c1-18-13-9-5-2-6-10(13)14(17)16-12-8-4-3-7-11(12)15/h2-9H,1H3,(H,16,17). The second-order valence-electron chi connectivity index (χ2n) is 3.63. The minimum atomic E-state index is -0.145. The van der Waals surface area contributed by atoms with Crippen molar-refractivity contribution in [1.82, 2.24) is 0 Å². The van der Waals surface area contributed by atoms with Crippen LogP contribution >= 0.6 is 23.4 Å². The molecule has 0 aliphatic carbocycles. The van der Waals surface area contributed by atoms with Crippen molar-refractivity contribution in [2.75, 3.05) is 11.6 Å². The third-order valence-electron chi connectivity index (χ3n) is 2.47. The highest BCUT2D eigenvalue weighted by Gasteiger charge is 2.11. The summed E-state index contributed by atoms with van der Waals surface area (Å²) >= 11 is 7.55. The van der Waals surface area contributed by atoms with Crippen LogP contribution in [-0.2, 0) is 0 Å². The average Bonchev–Trinajstić information content (AvgIpc) is 2.41. The summed E-state index contributed by atoms with van der Waals surface area (Å²) in [6.07, 6.45) is 1.95. The van der Waals surface area contributed by atoms with Gasteiger partial charge in [-0.25, -0.2) is 0 Å². The summed E-state index contributed by atoms with van der Waals surface area (Å²) in [6.45, 7) is 0. The van der Waals surface area contributed by atoms with Gasteiger partial charge in [0.1, 0.15) is 0 Å². The number of carbonyl (C=O) groups is 1. The predicted molar refractivity (Wildman–Crippen MR) is 77.6 cm³/mol. The van der Waals surface area contributed by atoms with Gasteiger partial charge in [0.05, 0.1) is 16.3 Å². The normalized spacial score (nSPS) is 10.1. The molecule has 2 aromatic rings. The minimum Gasteiger partial charge on any atom is -0.321 e. The molecule has 0 atom stereocenters. The SMILES string of the molecule is CSc1ccccc1C(=O)Nc1ccccc1Cl. The zero-order valence-corrected chi connectivity index (χ0v) is 11.4. The Hall–Kier alpha value is -1.45. The van der Waals surface area contributed by atoms with Crippen LogP contribution in [-0.4, -0.2) is 12.2 Å². The molecule has 1 amide bonds. The van der Waals surface area contributed by atoms with Gasteiger partial charge in [0.15, 0.2) is 0 Å². The van der Waals surface area contributed by atoms with Crippen molar-refractivity contribution in [2.45, 2.75) is 4.90 Å². The fourth-order valence-electron chi connectivity index (χ4n) is 1.58. The van der Waals surface area contributed by atoms with Crippen LogP contribution in [0.4, 0.5) is 5.69 Å². The Labute approximate surface area is 115 Å². The van der Waals surface area contributed by atoms with E-state index in [9.17, 15) is 4.79 Å². The molecule has 0 heterocycles. The lowest BCUT2D eigenvalue weighted by Crippen LogP contribution is -2.13. The van der Waals surface area contributed by atoms with Crippen LogP contribution in [0.5, 0.6) is 0 Å². The zero-order valence-electron chi connectivity index (χ0n) is 9.81. The van der Waals surface area contributed by atoms with Crippen LogP contribution in [0, 0.1) is 0 Å². The van der Waals surface area contributed by atoms with Crippen molar-refractivity contribution in [3.63, 3.8) is 0 Å². The van der Waals surface area contributed by atoms with Gasteiger partial charge in [-0.3, -0.25) is 4.79 Å². The van der Waals surface area contributed by atoms with Crippen LogP contribution in [0.2, 0.25) is 5.02 Å². The summed E-state index contributed by atoms with van der Waals surface area (Å²) < 4.78 is 0. The topological polar surface area (TPSA) is 29.1 Å². The lowest BCUT2D eigenvalue weighted by Gasteiger charge is -2.09. The number of thioether (sulfide) groups is 1. The quantitative estimate of drug-likeness (QED) is 0.847. The molecule has 2 aromatic carbocycles.